The van der Waals surface area contributed by atoms with E-state index in [0.717, 1.165) is 0 Å². The van der Waals surface area contributed by atoms with Gasteiger partial charge >= 0.3 is 0 Å². The molecule has 2 heterocycles. The maximum atomic E-state index is 11.3. The quantitative estimate of drug-likeness (QED) is 0.850. The molecular formula is C11H16N2O4S. The van der Waals surface area contributed by atoms with Gasteiger partial charge in [-0.1, -0.05) is 0 Å². The van der Waals surface area contributed by atoms with Gasteiger partial charge in [0.1, 0.15) is 11.8 Å². The van der Waals surface area contributed by atoms with Gasteiger partial charge in [0.2, 0.25) is 5.88 Å². The first-order valence-corrected chi connectivity index (χ1v) is 7.57. The van der Waals surface area contributed by atoms with E-state index in [1.807, 2.05) is 0 Å². The number of aliphatic hydroxyl groups excluding tert-OH is 1. The minimum atomic E-state index is -2.92. The summed E-state index contributed by atoms with van der Waals surface area (Å²) < 4.78 is 27.7. The van der Waals surface area contributed by atoms with Gasteiger partial charge < -0.3 is 9.84 Å². The van der Waals surface area contributed by atoms with Crippen LogP contribution in [0.1, 0.15) is 24.6 Å². The maximum absolute atomic E-state index is 11.3. The second kappa shape index (κ2) is 5.19. The second-order valence-corrected chi connectivity index (χ2v) is 6.70. The van der Waals surface area contributed by atoms with Crippen LogP contribution >= 0.6 is 0 Å². The van der Waals surface area contributed by atoms with Crippen LogP contribution in [0.15, 0.2) is 12.4 Å². The molecule has 0 aliphatic carbocycles. The summed E-state index contributed by atoms with van der Waals surface area (Å²) in [4.78, 5) is 8.00. The van der Waals surface area contributed by atoms with E-state index in [1.165, 1.54) is 19.5 Å². The summed E-state index contributed by atoms with van der Waals surface area (Å²) >= 11 is 0. The molecule has 1 N–H and O–H groups in total. The van der Waals surface area contributed by atoms with Crippen molar-refractivity contribution in [2.75, 3.05) is 18.6 Å². The molecular weight excluding hydrogens is 256 g/mol. The minimum Gasteiger partial charge on any atom is -0.480 e. The second-order valence-electron chi connectivity index (χ2n) is 4.47. The summed E-state index contributed by atoms with van der Waals surface area (Å²) in [6, 6.07) is 0. The number of aliphatic hydroxyl groups is 1. The fourth-order valence-electron chi connectivity index (χ4n) is 2.21. The van der Waals surface area contributed by atoms with Crippen molar-refractivity contribution in [1.82, 2.24) is 9.97 Å². The van der Waals surface area contributed by atoms with Gasteiger partial charge in [-0.3, -0.25) is 4.98 Å². The largest absolute Gasteiger partial charge is 0.480 e. The molecule has 18 heavy (non-hydrogen) atoms. The van der Waals surface area contributed by atoms with E-state index in [1.54, 1.807) is 0 Å². The fourth-order valence-corrected chi connectivity index (χ4v) is 4.09. The zero-order valence-electron chi connectivity index (χ0n) is 10.1. The van der Waals surface area contributed by atoms with Crippen molar-refractivity contribution < 1.29 is 18.3 Å². The van der Waals surface area contributed by atoms with Gasteiger partial charge in [0.05, 0.1) is 18.6 Å². The molecule has 6 nitrogen and oxygen atoms in total. The monoisotopic (exact) mass is 272 g/mol. The van der Waals surface area contributed by atoms with Crippen LogP contribution in [0.4, 0.5) is 0 Å². The van der Waals surface area contributed by atoms with Gasteiger partial charge in [-0.05, 0) is 18.8 Å². The Morgan fingerprint density at radius 1 is 1.50 bits per heavy atom. The van der Waals surface area contributed by atoms with E-state index >= 15 is 0 Å². The number of nitrogens with zero attached hydrogens (tertiary/aromatic N) is 2. The van der Waals surface area contributed by atoms with Crippen molar-refractivity contribution in [2.45, 2.75) is 18.9 Å². The molecule has 1 aliphatic heterocycles. The van der Waals surface area contributed by atoms with E-state index in [-0.39, 0.29) is 23.3 Å². The highest BCUT2D eigenvalue weighted by atomic mass is 32.2. The number of methoxy groups -OCH3 is 1. The van der Waals surface area contributed by atoms with Gasteiger partial charge in [0, 0.05) is 12.4 Å². The van der Waals surface area contributed by atoms with Crippen molar-refractivity contribution >= 4 is 9.84 Å². The third-order valence-corrected chi connectivity index (χ3v) is 4.92. The minimum absolute atomic E-state index is 0.0169. The third-order valence-electron chi connectivity index (χ3n) is 3.08. The molecule has 1 fully saturated rings. The summed E-state index contributed by atoms with van der Waals surface area (Å²) in [5.41, 5.74) is 0.365. The smallest absolute Gasteiger partial charge is 0.238 e. The van der Waals surface area contributed by atoms with Crippen molar-refractivity contribution in [3.63, 3.8) is 0 Å². The van der Waals surface area contributed by atoms with E-state index < -0.39 is 15.9 Å². The number of hydrogen-bond donors (Lipinski definition) is 1. The molecule has 0 aromatic carbocycles. The SMILES string of the molecule is COc1nccnc1C(O)CC1CCS(=O)(=O)C1. The lowest BCUT2D eigenvalue weighted by Crippen LogP contribution is -2.12. The van der Waals surface area contributed by atoms with Gasteiger partial charge in [0.15, 0.2) is 9.84 Å². The molecule has 1 aromatic rings. The average Bonchev–Trinajstić information content (AvgIpc) is 2.68. The molecule has 0 bridgehead atoms. The molecule has 100 valence electrons. The predicted octanol–water partition coefficient (Wildman–Crippen LogP) is 0.343. The zero-order chi connectivity index (χ0) is 13.2. The van der Waals surface area contributed by atoms with Crippen LogP contribution in [0.2, 0.25) is 0 Å². The normalized spacial score (nSPS) is 23.8. The van der Waals surface area contributed by atoms with E-state index in [2.05, 4.69) is 9.97 Å². The molecule has 0 radical (unpaired) electrons. The highest BCUT2D eigenvalue weighted by Crippen LogP contribution is 2.30. The maximum Gasteiger partial charge on any atom is 0.238 e. The highest BCUT2D eigenvalue weighted by molar-refractivity contribution is 7.91. The van der Waals surface area contributed by atoms with E-state index in [9.17, 15) is 13.5 Å². The van der Waals surface area contributed by atoms with E-state index in [0.29, 0.717) is 18.5 Å². The Bertz CT molecular complexity index is 518. The van der Waals surface area contributed by atoms with E-state index in [4.69, 9.17) is 4.74 Å². The molecule has 0 spiro atoms. The van der Waals surface area contributed by atoms with Crippen LogP contribution in [0.5, 0.6) is 5.88 Å². The van der Waals surface area contributed by atoms with Gasteiger partial charge in [0.25, 0.3) is 0 Å². The van der Waals surface area contributed by atoms with Crippen molar-refractivity contribution in [3.05, 3.63) is 18.1 Å². The standard InChI is InChI=1S/C11H16N2O4S/c1-17-11-10(12-3-4-13-11)9(14)6-8-2-5-18(15,16)7-8/h3-4,8-9,14H,2,5-7H2,1H3. The predicted molar refractivity (Wildman–Crippen MR) is 64.9 cm³/mol. The molecule has 0 amide bonds. The lowest BCUT2D eigenvalue weighted by molar-refractivity contribution is 0.139. The van der Waals surface area contributed by atoms with Crippen molar-refractivity contribution in [1.29, 1.82) is 0 Å². The molecule has 0 saturated carbocycles. The summed E-state index contributed by atoms with van der Waals surface area (Å²) in [6.45, 7) is 0. The number of rotatable bonds is 4. The lowest BCUT2D eigenvalue weighted by atomic mass is 9.99. The number of ether oxygens (including phenoxy) is 1. The Balaban J connectivity index is 2.06. The van der Waals surface area contributed by atoms with Crippen molar-refractivity contribution in [2.24, 2.45) is 5.92 Å². The Morgan fingerprint density at radius 3 is 2.83 bits per heavy atom. The van der Waals surface area contributed by atoms with Crippen LogP contribution in [0.25, 0.3) is 0 Å². The molecule has 1 saturated heterocycles. The van der Waals surface area contributed by atoms with Gasteiger partial charge in [-0.2, -0.15) is 0 Å². The lowest BCUT2D eigenvalue weighted by Gasteiger charge is -2.15. The fraction of sp³-hybridized carbons (Fsp3) is 0.636. The molecule has 1 aliphatic rings. The topological polar surface area (TPSA) is 89.4 Å². The van der Waals surface area contributed by atoms with Crippen LogP contribution < -0.4 is 4.74 Å². The van der Waals surface area contributed by atoms with Crippen LogP contribution in [0.3, 0.4) is 0 Å². The van der Waals surface area contributed by atoms with Gasteiger partial charge in [-0.15, -0.1) is 0 Å². The molecule has 2 atom stereocenters. The Labute approximate surface area is 106 Å². The Morgan fingerprint density at radius 2 is 2.22 bits per heavy atom. The van der Waals surface area contributed by atoms with Crippen LogP contribution in [-0.2, 0) is 9.84 Å². The third kappa shape index (κ3) is 2.97. The van der Waals surface area contributed by atoms with Crippen molar-refractivity contribution in [3.8, 4) is 5.88 Å². The van der Waals surface area contributed by atoms with Crippen LogP contribution in [-0.4, -0.2) is 42.1 Å². The number of hydrogen-bond acceptors (Lipinski definition) is 6. The molecule has 7 heteroatoms. The first-order valence-electron chi connectivity index (χ1n) is 5.75. The molecule has 2 rings (SSSR count). The highest BCUT2D eigenvalue weighted by Gasteiger charge is 2.30. The summed E-state index contributed by atoms with van der Waals surface area (Å²) in [5, 5.41) is 10.1. The summed E-state index contributed by atoms with van der Waals surface area (Å²) in [7, 11) is -1.46. The Kier molecular flexibility index (Phi) is 3.82. The van der Waals surface area contributed by atoms with Crippen LogP contribution in [0, 0.1) is 5.92 Å². The Hall–Kier alpha value is -1.21. The zero-order valence-corrected chi connectivity index (χ0v) is 10.9. The summed E-state index contributed by atoms with van der Waals surface area (Å²) in [6.07, 6.45) is 3.09. The molecule has 1 aromatic heterocycles. The number of sulfone groups is 1. The molecule has 2 unspecified atom stereocenters. The summed E-state index contributed by atoms with van der Waals surface area (Å²) in [5.74, 6) is 0.622. The number of aromatic nitrogens is 2. The first kappa shape index (κ1) is 13.2. The first-order chi connectivity index (χ1) is 8.52. The van der Waals surface area contributed by atoms with Gasteiger partial charge in [-0.25, -0.2) is 13.4 Å². The average molecular weight is 272 g/mol.